The van der Waals surface area contributed by atoms with Crippen molar-refractivity contribution in [2.24, 2.45) is 0 Å². The molecule has 24 heavy (non-hydrogen) atoms. The predicted octanol–water partition coefficient (Wildman–Crippen LogP) is 0.818. The van der Waals surface area contributed by atoms with Gasteiger partial charge in [0.05, 0.1) is 6.54 Å². The summed E-state index contributed by atoms with van der Waals surface area (Å²) in [6, 6.07) is 14.4. The van der Waals surface area contributed by atoms with Crippen LogP contribution in [0.2, 0.25) is 0 Å². The molecule has 0 unspecified atom stereocenters. The summed E-state index contributed by atoms with van der Waals surface area (Å²) in [5.41, 5.74) is 1.30. The van der Waals surface area contributed by atoms with Gasteiger partial charge in [-0.05, 0) is 24.3 Å². The van der Waals surface area contributed by atoms with Crippen molar-refractivity contribution >= 4 is 17.5 Å². The molecule has 3 aromatic rings. The fourth-order valence-electron chi connectivity index (χ4n) is 2.29. The maximum Gasteiger partial charge on any atom is 0.251 e. The number of pyridine rings is 1. The molecule has 7 nitrogen and oxygen atoms in total. The summed E-state index contributed by atoms with van der Waals surface area (Å²) in [7, 11) is 0. The van der Waals surface area contributed by atoms with Gasteiger partial charge in [-0.15, -0.1) is 10.2 Å². The third-order valence-corrected chi connectivity index (χ3v) is 3.50. The molecule has 2 N–H and O–H groups in total. The van der Waals surface area contributed by atoms with Crippen LogP contribution in [-0.4, -0.2) is 39.5 Å². The third-order valence-electron chi connectivity index (χ3n) is 3.50. The van der Waals surface area contributed by atoms with E-state index in [1.54, 1.807) is 24.3 Å². The van der Waals surface area contributed by atoms with Crippen LogP contribution in [0.15, 0.2) is 54.7 Å². The summed E-state index contributed by atoms with van der Waals surface area (Å²) in [6.07, 6.45) is 2.44. The number of benzene rings is 1. The van der Waals surface area contributed by atoms with Crippen LogP contribution < -0.4 is 10.6 Å². The van der Waals surface area contributed by atoms with Gasteiger partial charge in [0.1, 0.15) is 5.82 Å². The van der Waals surface area contributed by atoms with Crippen LogP contribution in [0.3, 0.4) is 0 Å². The van der Waals surface area contributed by atoms with Gasteiger partial charge in [-0.2, -0.15) is 0 Å². The number of aromatic nitrogens is 3. The molecule has 0 saturated heterocycles. The molecule has 2 aromatic heterocycles. The fourth-order valence-corrected chi connectivity index (χ4v) is 2.29. The monoisotopic (exact) mass is 323 g/mol. The number of amides is 2. The predicted molar refractivity (Wildman–Crippen MR) is 88.5 cm³/mol. The van der Waals surface area contributed by atoms with Gasteiger partial charge in [0, 0.05) is 24.7 Å². The second-order valence-electron chi connectivity index (χ2n) is 5.19. The van der Waals surface area contributed by atoms with Crippen LogP contribution in [-0.2, 0) is 11.2 Å². The lowest BCUT2D eigenvalue weighted by Crippen LogP contribution is -2.37. The van der Waals surface area contributed by atoms with E-state index in [9.17, 15) is 9.59 Å². The van der Waals surface area contributed by atoms with E-state index < -0.39 is 0 Å². The molecule has 2 amide bonds. The normalized spacial score (nSPS) is 10.5. The SMILES string of the molecule is O=C(CNC(=O)c1ccccc1)NCCc1nnc2ccccn12. The van der Waals surface area contributed by atoms with Crippen molar-refractivity contribution in [1.82, 2.24) is 25.2 Å². The van der Waals surface area contributed by atoms with Gasteiger partial charge in [-0.3, -0.25) is 14.0 Å². The number of nitrogens with zero attached hydrogens (tertiary/aromatic N) is 3. The number of rotatable bonds is 6. The topological polar surface area (TPSA) is 88.4 Å². The minimum atomic E-state index is -0.269. The highest BCUT2D eigenvalue weighted by molar-refractivity contribution is 5.96. The second-order valence-corrected chi connectivity index (χ2v) is 5.19. The Kier molecular flexibility index (Phi) is 4.81. The Bertz CT molecular complexity index is 844. The smallest absolute Gasteiger partial charge is 0.251 e. The summed E-state index contributed by atoms with van der Waals surface area (Å²) in [4.78, 5) is 23.6. The van der Waals surface area contributed by atoms with Crippen LogP contribution in [0.25, 0.3) is 5.65 Å². The standard InChI is InChI=1S/C17H17N5O2/c23-16(12-19-17(24)13-6-2-1-3-7-13)18-10-9-15-21-20-14-8-4-5-11-22(14)15/h1-8,11H,9-10,12H2,(H,18,23)(H,19,24). The minimum absolute atomic E-state index is 0.0612. The van der Waals surface area contributed by atoms with Gasteiger partial charge in [-0.1, -0.05) is 24.3 Å². The summed E-state index contributed by atoms with van der Waals surface area (Å²) < 4.78 is 1.88. The van der Waals surface area contributed by atoms with E-state index in [-0.39, 0.29) is 18.4 Å². The van der Waals surface area contributed by atoms with Crippen molar-refractivity contribution < 1.29 is 9.59 Å². The van der Waals surface area contributed by atoms with Crippen molar-refractivity contribution in [3.63, 3.8) is 0 Å². The molecule has 7 heteroatoms. The first-order valence-corrected chi connectivity index (χ1v) is 7.62. The van der Waals surface area contributed by atoms with E-state index in [4.69, 9.17) is 0 Å². The zero-order chi connectivity index (χ0) is 16.8. The number of hydrogen-bond donors (Lipinski definition) is 2. The van der Waals surface area contributed by atoms with Crippen LogP contribution in [0, 0.1) is 0 Å². The number of fused-ring (bicyclic) bond motifs is 1. The number of nitrogens with one attached hydrogen (secondary N) is 2. The average molecular weight is 323 g/mol. The minimum Gasteiger partial charge on any atom is -0.354 e. The quantitative estimate of drug-likeness (QED) is 0.703. The highest BCUT2D eigenvalue weighted by Crippen LogP contribution is 2.02. The van der Waals surface area contributed by atoms with Crippen LogP contribution in [0.4, 0.5) is 0 Å². The highest BCUT2D eigenvalue weighted by atomic mass is 16.2. The van der Waals surface area contributed by atoms with Crippen molar-refractivity contribution in [1.29, 1.82) is 0 Å². The molecule has 0 aliphatic heterocycles. The molecule has 0 atom stereocenters. The maximum atomic E-state index is 11.8. The summed E-state index contributed by atoms with van der Waals surface area (Å²) in [6.45, 7) is 0.365. The molecule has 0 aliphatic carbocycles. The lowest BCUT2D eigenvalue weighted by Gasteiger charge is -2.06. The molecule has 0 saturated carbocycles. The zero-order valence-corrected chi connectivity index (χ0v) is 13.0. The molecule has 1 aromatic carbocycles. The first-order valence-electron chi connectivity index (χ1n) is 7.62. The third kappa shape index (κ3) is 3.75. The first kappa shape index (κ1) is 15.7. The molecule has 0 fully saturated rings. The lowest BCUT2D eigenvalue weighted by atomic mass is 10.2. The Morgan fingerprint density at radius 3 is 2.58 bits per heavy atom. The molecular weight excluding hydrogens is 306 g/mol. The van der Waals surface area contributed by atoms with Gasteiger partial charge in [-0.25, -0.2) is 0 Å². The number of hydrogen-bond acceptors (Lipinski definition) is 4. The average Bonchev–Trinajstić information content (AvgIpc) is 3.04. The molecule has 0 radical (unpaired) electrons. The van der Waals surface area contributed by atoms with Crippen LogP contribution >= 0.6 is 0 Å². The van der Waals surface area contributed by atoms with Gasteiger partial charge in [0.25, 0.3) is 5.91 Å². The van der Waals surface area contributed by atoms with Crippen molar-refractivity contribution in [2.75, 3.05) is 13.1 Å². The zero-order valence-electron chi connectivity index (χ0n) is 13.0. The molecule has 0 aliphatic rings. The van der Waals surface area contributed by atoms with Crippen molar-refractivity contribution in [3.8, 4) is 0 Å². The second kappa shape index (κ2) is 7.36. The first-order chi connectivity index (χ1) is 11.7. The maximum absolute atomic E-state index is 11.8. The number of carbonyl (C=O) groups is 2. The van der Waals surface area contributed by atoms with Crippen molar-refractivity contribution in [2.45, 2.75) is 6.42 Å². The Hall–Kier alpha value is -3.22. The van der Waals surface area contributed by atoms with Gasteiger partial charge in [0.15, 0.2) is 5.65 Å². The van der Waals surface area contributed by atoms with E-state index in [0.717, 1.165) is 11.5 Å². The highest BCUT2D eigenvalue weighted by Gasteiger charge is 2.08. The van der Waals surface area contributed by atoms with Crippen molar-refractivity contribution in [3.05, 3.63) is 66.1 Å². The molecule has 2 heterocycles. The van der Waals surface area contributed by atoms with Gasteiger partial charge in [0.2, 0.25) is 5.91 Å². The number of carbonyl (C=O) groups excluding carboxylic acids is 2. The van der Waals surface area contributed by atoms with Crippen LogP contribution in [0.1, 0.15) is 16.2 Å². The molecule has 0 spiro atoms. The van der Waals surface area contributed by atoms with E-state index in [1.807, 2.05) is 34.9 Å². The Labute approximate surface area is 138 Å². The largest absolute Gasteiger partial charge is 0.354 e. The summed E-state index contributed by atoms with van der Waals surface area (Å²) in [5.74, 6) is 0.265. The molecule has 122 valence electrons. The summed E-state index contributed by atoms with van der Waals surface area (Å²) >= 11 is 0. The molecular formula is C17H17N5O2. The lowest BCUT2D eigenvalue weighted by molar-refractivity contribution is -0.120. The molecule has 0 bridgehead atoms. The van der Waals surface area contributed by atoms with E-state index in [0.29, 0.717) is 18.5 Å². The van der Waals surface area contributed by atoms with Gasteiger partial charge >= 0.3 is 0 Å². The fraction of sp³-hybridized carbons (Fsp3) is 0.176. The summed E-state index contributed by atoms with van der Waals surface area (Å²) in [5, 5.41) is 13.5. The van der Waals surface area contributed by atoms with Crippen LogP contribution in [0.5, 0.6) is 0 Å². The van der Waals surface area contributed by atoms with E-state index in [1.165, 1.54) is 0 Å². The Morgan fingerprint density at radius 2 is 1.75 bits per heavy atom. The van der Waals surface area contributed by atoms with E-state index >= 15 is 0 Å². The Morgan fingerprint density at radius 1 is 0.958 bits per heavy atom. The Balaban J connectivity index is 1.44. The van der Waals surface area contributed by atoms with E-state index in [2.05, 4.69) is 20.8 Å². The van der Waals surface area contributed by atoms with Gasteiger partial charge < -0.3 is 10.6 Å². The molecule has 3 rings (SSSR count).